The monoisotopic (exact) mass is 398 g/mol. The number of guanidine groups is 1. The molecule has 0 bridgehead atoms. The topological polar surface area (TPSA) is 40.1 Å². The number of aliphatic imine (C=N–C) groups is 1. The molecule has 0 atom stereocenters. The van der Waals surface area contributed by atoms with Crippen molar-refractivity contribution in [3.8, 4) is 0 Å². The van der Waals surface area contributed by atoms with Gasteiger partial charge in [0, 0.05) is 64.4 Å². The zero-order chi connectivity index (χ0) is 18.4. The van der Waals surface area contributed by atoms with Gasteiger partial charge in [0.2, 0.25) is 0 Å². The van der Waals surface area contributed by atoms with Crippen molar-refractivity contribution in [3.63, 3.8) is 0 Å². The predicted octanol–water partition coefficient (Wildman–Crippen LogP) is 3.30. The Bertz CT molecular complexity index is 594. The van der Waals surface area contributed by atoms with Gasteiger partial charge in [0.25, 0.3) is 0 Å². The third-order valence-corrected chi connectivity index (χ3v) is 6.67. The Kier molecular flexibility index (Phi) is 7.20. The molecule has 2 heterocycles. The first-order valence-electron chi connectivity index (χ1n) is 9.64. The second-order valence-corrected chi connectivity index (χ2v) is 9.12. The van der Waals surface area contributed by atoms with Gasteiger partial charge in [-0.3, -0.25) is 9.89 Å². The van der Waals surface area contributed by atoms with Crippen LogP contribution in [0.1, 0.15) is 31.1 Å². The summed E-state index contributed by atoms with van der Waals surface area (Å²) >= 11 is 7.72. The van der Waals surface area contributed by atoms with Crippen molar-refractivity contribution in [2.24, 2.45) is 10.4 Å². The number of hydrogen-bond donors (Lipinski definition) is 1. The van der Waals surface area contributed by atoms with Crippen LogP contribution < -0.4 is 5.32 Å². The lowest BCUT2D eigenvalue weighted by molar-refractivity contribution is 0.128. The fraction of sp³-hybridized carbons (Fsp3) is 0.737. The molecular weight excluding hydrogens is 368 g/mol. The third-order valence-electron chi connectivity index (χ3n) is 5.45. The first-order chi connectivity index (χ1) is 12.6. The lowest BCUT2D eigenvalue weighted by Crippen LogP contribution is -2.52. The van der Waals surface area contributed by atoms with E-state index in [0.29, 0.717) is 5.41 Å². The minimum absolute atomic E-state index is 0.436. The molecule has 1 saturated carbocycles. The minimum Gasteiger partial charge on any atom is -0.382 e. The van der Waals surface area contributed by atoms with Crippen LogP contribution in [-0.2, 0) is 11.3 Å². The average molecular weight is 399 g/mol. The molecule has 5 nitrogen and oxygen atoms in total. The Balaban J connectivity index is 1.41. The Labute approximate surface area is 166 Å². The van der Waals surface area contributed by atoms with Crippen LogP contribution in [0.15, 0.2) is 17.1 Å². The van der Waals surface area contributed by atoms with Gasteiger partial charge < -0.3 is 15.0 Å². The molecule has 1 N–H and O–H groups in total. The van der Waals surface area contributed by atoms with Crippen LogP contribution in [0.25, 0.3) is 0 Å². The first kappa shape index (κ1) is 19.9. The fourth-order valence-electron chi connectivity index (χ4n) is 3.50. The van der Waals surface area contributed by atoms with Gasteiger partial charge in [-0.2, -0.15) is 0 Å². The van der Waals surface area contributed by atoms with Crippen molar-refractivity contribution in [2.75, 3.05) is 53.0 Å². The van der Waals surface area contributed by atoms with Gasteiger partial charge in [0.15, 0.2) is 5.96 Å². The highest BCUT2D eigenvalue weighted by Crippen LogP contribution is 2.48. The van der Waals surface area contributed by atoms with E-state index in [-0.39, 0.29) is 0 Å². The van der Waals surface area contributed by atoms with Crippen molar-refractivity contribution in [1.82, 2.24) is 15.1 Å². The van der Waals surface area contributed by atoms with Crippen LogP contribution in [0.4, 0.5) is 0 Å². The average Bonchev–Trinajstić information content (AvgIpc) is 3.30. The maximum Gasteiger partial charge on any atom is 0.193 e. The molecule has 1 aromatic rings. The molecule has 146 valence electrons. The number of nitrogens with one attached hydrogen (secondary N) is 1. The Morgan fingerprint density at radius 1 is 1.31 bits per heavy atom. The molecule has 7 heteroatoms. The summed E-state index contributed by atoms with van der Waals surface area (Å²) < 4.78 is 6.42. The van der Waals surface area contributed by atoms with Gasteiger partial charge >= 0.3 is 0 Å². The molecule has 2 fully saturated rings. The van der Waals surface area contributed by atoms with Crippen LogP contribution in [0.5, 0.6) is 0 Å². The molecule has 1 saturated heterocycles. The molecule has 1 aromatic heterocycles. The molecular formula is C19H31ClN4OS. The summed E-state index contributed by atoms with van der Waals surface area (Å²) in [4.78, 5) is 10.7. The third kappa shape index (κ3) is 5.59. The molecule has 0 aromatic carbocycles. The Morgan fingerprint density at radius 2 is 2.08 bits per heavy atom. The van der Waals surface area contributed by atoms with Crippen molar-refractivity contribution in [3.05, 3.63) is 21.3 Å². The zero-order valence-electron chi connectivity index (χ0n) is 16.0. The van der Waals surface area contributed by atoms with E-state index >= 15 is 0 Å². The SMILES string of the molecule is CCOCCC1(CNC(=NC)N2CCN(Cc3ccc(Cl)s3)CC2)CC1. The van der Waals surface area contributed by atoms with Gasteiger partial charge in [-0.1, -0.05) is 11.6 Å². The minimum atomic E-state index is 0.436. The van der Waals surface area contributed by atoms with Crippen molar-refractivity contribution in [2.45, 2.75) is 32.7 Å². The number of halogens is 1. The molecule has 1 aliphatic heterocycles. The summed E-state index contributed by atoms with van der Waals surface area (Å²) in [6, 6.07) is 4.13. The van der Waals surface area contributed by atoms with Gasteiger partial charge in [-0.15, -0.1) is 11.3 Å². The van der Waals surface area contributed by atoms with Crippen molar-refractivity contribution in [1.29, 1.82) is 0 Å². The highest BCUT2D eigenvalue weighted by Gasteiger charge is 2.42. The van der Waals surface area contributed by atoms with Crippen molar-refractivity contribution < 1.29 is 4.74 Å². The van der Waals surface area contributed by atoms with Crippen LogP contribution in [0.2, 0.25) is 4.34 Å². The van der Waals surface area contributed by atoms with Gasteiger partial charge in [-0.25, -0.2) is 0 Å². The molecule has 2 aliphatic rings. The number of hydrogen-bond acceptors (Lipinski definition) is 4. The molecule has 1 aliphatic carbocycles. The summed E-state index contributed by atoms with van der Waals surface area (Å²) in [5, 5.41) is 3.62. The number of ether oxygens (including phenoxy) is 1. The molecule has 0 spiro atoms. The second-order valence-electron chi connectivity index (χ2n) is 7.32. The smallest absolute Gasteiger partial charge is 0.193 e. The summed E-state index contributed by atoms with van der Waals surface area (Å²) in [6.07, 6.45) is 3.77. The lowest BCUT2D eigenvalue weighted by atomic mass is 10.0. The maximum absolute atomic E-state index is 6.04. The van der Waals surface area contributed by atoms with E-state index in [1.54, 1.807) is 11.3 Å². The van der Waals surface area contributed by atoms with E-state index in [1.165, 1.54) is 17.7 Å². The second kappa shape index (κ2) is 9.40. The Hall–Kier alpha value is -0.820. The number of nitrogens with zero attached hydrogens (tertiary/aromatic N) is 3. The number of rotatable bonds is 8. The maximum atomic E-state index is 6.04. The largest absolute Gasteiger partial charge is 0.382 e. The van der Waals surface area contributed by atoms with E-state index < -0.39 is 0 Å². The van der Waals surface area contributed by atoms with Gasteiger partial charge in [0.05, 0.1) is 4.34 Å². The fourth-order valence-corrected chi connectivity index (χ4v) is 4.63. The molecule has 26 heavy (non-hydrogen) atoms. The van der Waals surface area contributed by atoms with Crippen LogP contribution in [0.3, 0.4) is 0 Å². The number of piperazine rings is 1. The lowest BCUT2D eigenvalue weighted by Gasteiger charge is -2.36. The molecule has 0 radical (unpaired) electrons. The van der Waals surface area contributed by atoms with Gasteiger partial charge in [-0.05, 0) is 43.7 Å². The summed E-state index contributed by atoms with van der Waals surface area (Å²) in [5.74, 6) is 1.05. The van der Waals surface area contributed by atoms with Crippen LogP contribution in [0, 0.1) is 5.41 Å². The normalized spacial score (nSPS) is 20.4. The summed E-state index contributed by atoms with van der Waals surface area (Å²) in [6.45, 7) is 9.92. The molecule has 0 unspecified atom stereocenters. The summed E-state index contributed by atoms with van der Waals surface area (Å²) in [7, 11) is 1.89. The van der Waals surface area contributed by atoms with E-state index in [9.17, 15) is 0 Å². The van der Waals surface area contributed by atoms with E-state index in [0.717, 1.165) is 69.2 Å². The standard InChI is InChI=1S/C19H31ClN4OS/c1-3-25-13-8-19(6-7-19)15-22-18(21-2)24-11-9-23(10-12-24)14-16-4-5-17(20)26-16/h4-5H,3,6-15H2,1-2H3,(H,21,22). The van der Waals surface area contributed by atoms with Crippen molar-refractivity contribution >= 4 is 28.9 Å². The summed E-state index contributed by atoms with van der Waals surface area (Å²) in [5.41, 5.74) is 0.436. The molecule has 0 amide bonds. The highest BCUT2D eigenvalue weighted by molar-refractivity contribution is 7.16. The van der Waals surface area contributed by atoms with E-state index in [4.69, 9.17) is 16.3 Å². The van der Waals surface area contributed by atoms with Gasteiger partial charge in [0.1, 0.15) is 0 Å². The predicted molar refractivity (Wildman–Crippen MR) is 110 cm³/mol. The van der Waals surface area contributed by atoms with E-state index in [1.807, 2.05) is 13.1 Å². The first-order valence-corrected chi connectivity index (χ1v) is 10.8. The molecule has 3 rings (SSSR count). The zero-order valence-corrected chi connectivity index (χ0v) is 17.5. The Morgan fingerprint density at radius 3 is 2.65 bits per heavy atom. The van der Waals surface area contributed by atoms with Crippen LogP contribution in [-0.4, -0.2) is 68.7 Å². The highest BCUT2D eigenvalue weighted by atomic mass is 35.5. The number of thiophene rings is 1. The van der Waals surface area contributed by atoms with E-state index in [2.05, 4.69) is 33.1 Å². The van der Waals surface area contributed by atoms with Crippen LogP contribution >= 0.6 is 22.9 Å². The quantitative estimate of drug-likeness (QED) is 0.414.